The molecule has 1 aromatic rings. The van der Waals surface area contributed by atoms with E-state index in [9.17, 15) is 0 Å². The number of methoxy groups -OCH3 is 2. The van der Waals surface area contributed by atoms with Crippen LogP contribution in [0.3, 0.4) is 0 Å². The van der Waals surface area contributed by atoms with Crippen LogP contribution in [0.5, 0.6) is 5.75 Å². The molecule has 0 aliphatic rings. The summed E-state index contributed by atoms with van der Waals surface area (Å²) in [4.78, 5) is 0. The molecule has 0 spiro atoms. The van der Waals surface area contributed by atoms with E-state index in [1.54, 1.807) is 14.2 Å². The summed E-state index contributed by atoms with van der Waals surface area (Å²) in [5.41, 5.74) is 0. The van der Waals surface area contributed by atoms with Crippen LogP contribution in [0.1, 0.15) is 0 Å². The molecule has 1 rings (SSSR count). The predicted molar refractivity (Wildman–Crippen MR) is 65.1 cm³/mol. The van der Waals surface area contributed by atoms with Crippen LogP contribution in [-0.2, 0) is 9.47 Å². The SMILES string of the molecule is COC(COc1ccc(Br)cc1Br)OC. The molecule has 0 radical (unpaired) electrons. The largest absolute Gasteiger partial charge is 0.487 e. The van der Waals surface area contributed by atoms with Gasteiger partial charge in [-0.2, -0.15) is 0 Å². The first-order chi connectivity index (χ1) is 7.17. The van der Waals surface area contributed by atoms with Gasteiger partial charge in [0.1, 0.15) is 12.4 Å². The zero-order valence-electron chi connectivity index (χ0n) is 8.50. The first-order valence-corrected chi connectivity index (χ1v) is 5.89. The third-order valence-corrected chi connectivity index (χ3v) is 2.91. The Morgan fingerprint density at radius 3 is 2.40 bits per heavy atom. The monoisotopic (exact) mass is 338 g/mol. The Hall–Kier alpha value is -0.100. The summed E-state index contributed by atoms with van der Waals surface area (Å²) in [6.45, 7) is 0.354. The van der Waals surface area contributed by atoms with Crippen molar-refractivity contribution < 1.29 is 14.2 Å². The summed E-state index contributed by atoms with van der Waals surface area (Å²) in [5.74, 6) is 0.761. The summed E-state index contributed by atoms with van der Waals surface area (Å²) in [7, 11) is 3.16. The number of hydrogen-bond acceptors (Lipinski definition) is 3. The highest BCUT2D eigenvalue weighted by Gasteiger charge is 2.07. The van der Waals surface area contributed by atoms with Gasteiger partial charge in [0.05, 0.1) is 4.47 Å². The van der Waals surface area contributed by atoms with Crippen molar-refractivity contribution in [3.63, 3.8) is 0 Å². The average Bonchev–Trinajstić information content (AvgIpc) is 2.22. The van der Waals surface area contributed by atoms with Crippen molar-refractivity contribution in [2.45, 2.75) is 6.29 Å². The Bertz CT molecular complexity index is 314. The topological polar surface area (TPSA) is 27.7 Å². The Balaban J connectivity index is 2.57. The molecular formula is C10H12Br2O3. The van der Waals surface area contributed by atoms with E-state index in [1.807, 2.05) is 18.2 Å². The summed E-state index contributed by atoms with van der Waals surface area (Å²) in [6, 6.07) is 5.70. The molecule has 1 aromatic carbocycles. The zero-order chi connectivity index (χ0) is 11.3. The van der Waals surface area contributed by atoms with Crippen LogP contribution in [0.15, 0.2) is 27.1 Å². The number of ether oxygens (including phenoxy) is 3. The van der Waals surface area contributed by atoms with Crippen molar-refractivity contribution in [2.75, 3.05) is 20.8 Å². The van der Waals surface area contributed by atoms with Gasteiger partial charge in [-0.3, -0.25) is 0 Å². The molecule has 0 heterocycles. The minimum absolute atomic E-state index is 0.347. The first-order valence-electron chi connectivity index (χ1n) is 4.30. The van der Waals surface area contributed by atoms with Gasteiger partial charge < -0.3 is 14.2 Å². The van der Waals surface area contributed by atoms with Gasteiger partial charge in [-0.1, -0.05) is 15.9 Å². The van der Waals surface area contributed by atoms with Crippen LogP contribution in [0.25, 0.3) is 0 Å². The fraction of sp³-hybridized carbons (Fsp3) is 0.400. The molecule has 5 heteroatoms. The van der Waals surface area contributed by atoms with E-state index < -0.39 is 0 Å². The molecule has 0 unspecified atom stereocenters. The van der Waals surface area contributed by atoms with Crippen molar-refractivity contribution in [1.82, 2.24) is 0 Å². The molecule has 0 fully saturated rings. The molecule has 0 saturated carbocycles. The van der Waals surface area contributed by atoms with Gasteiger partial charge in [-0.15, -0.1) is 0 Å². The fourth-order valence-electron chi connectivity index (χ4n) is 0.982. The summed E-state index contributed by atoms with van der Waals surface area (Å²) in [6.07, 6.45) is -0.347. The molecule has 0 amide bonds. The van der Waals surface area contributed by atoms with Crippen LogP contribution < -0.4 is 4.74 Å². The minimum atomic E-state index is -0.347. The van der Waals surface area contributed by atoms with E-state index in [2.05, 4.69) is 31.9 Å². The second-order valence-corrected chi connectivity index (χ2v) is 4.56. The Morgan fingerprint density at radius 1 is 1.20 bits per heavy atom. The van der Waals surface area contributed by atoms with Crippen molar-refractivity contribution >= 4 is 31.9 Å². The van der Waals surface area contributed by atoms with Crippen molar-refractivity contribution in [1.29, 1.82) is 0 Å². The van der Waals surface area contributed by atoms with E-state index in [-0.39, 0.29) is 6.29 Å². The van der Waals surface area contributed by atoms with E-state index >= 15 is 0 Å². The molecule has 0 N–H and O–H groups in total. The zero-order valence-corrected chi connectivity index (χ0v) is 11.7. The maximum Gasteiger partial charge on any atom is 0.191 e. The second-order valence-electron chi connectivity index (χ2n) is 2.79. The van der Waals surface area contributed by atoms with Crippen LogP contribution in [-0.4, -0.2) is 27.1 Å². The lowest BCUT2D eigenvalue weighted by Gasteiger charge is -2.15. The first kappa shape index (κ1) is 13.0. The normalized spacial score (nSPS) is 10.7. The minimum Gasteiger partial charge on any atom is -0.487 e. The summed E-state index contributed by atoms with van der Waals surface area (Å²) in [5, 5.41) is 0. The van der Waals surface area contributed by atoms with Crippen LogP contribution in [0, 0.1) is 0 Å². The quantitative estimate of drug-likeness (QED) is 0.771. The van der Waals surface area contributed by atoms with Gasteiger partial charge >= 0.3 is 0 Å². The Morgan fingerprint density at radius 2 is 1.87 bits per heavy atom. The van der Waals surface area contributed by atoms with E-state index in [4.69, 9.17) is 14.2 Å². The standard InChI is InChI=1S/C10H12Br2O3/c1-13-10(14-2)6-15-9-4-3-7(11)5-8(9)12/h3-5,10H,6H2,1-2H3. The lowest BCUT2D eigenvalue weighted by molar-refractivity contribution is -0.122. The number of halogens is 2. The predicted octanol–water partition coefficient (Wildman–Crippen LogP) is 3.21. The average molecular weight is 340 g/mol. The van der Waals surface area contributed by atoms with E-state index in [0.717, 1.165) is 14.7 Å². The number of hydrogen-bond donors (Lipinski definition) is 0. The highest BCUT2D eigenvalue weighted by Crippen LogP contribution is 2.28. The number of rotatable bonds is 5. The van der Waals surface area contributed by atoms with Crippen molar-refractivity contribution in [3.8, 4) is 5.75 Å². The molecule has 0 atom stereocenters. The van der Waals surface area contributed by atoms with E-state index in [1.165, 1.54) is 0 Å². The highest BCUT2D eigenvalue weighted by molar-refractivity contribution is 9.11. The molecule has 0 bridgehead atoms. The fourth-order valence-corrected chi connectivity index (χ4v) is 2.14. The maximum atomic E-state index is 5.52. The second kappa shape index (κ2) is 6.48. The molecule has 0 aromatic heterocycles. The smallest absolute Gasteiger partial charge is 0.191 e. The third-order valence-electron chi connectivity index (χ3n) is 1.79. The molecular weight excluding hydrogens is 328 g/mol. The molecule has 0 aliphatic heterocycles. The third kappa shape index (κ3) is 4.10. The molecule has 0 aliphatic carbocycles. The molecule has 0 saturated heterocycles. The summed E-state index contributed by atoms with van der Waals surface area (Å²) >= 11 is 6.77. The molecule has 15 heavy (non-hydrogen) atoms. The van der Waals surface area contributed by atoms with Gasteiger partial charge in [0.2, 0.25) is 0 Å². The van der Waals surface area contributed by atoms with E-state index in [0.29, 0.717) is 6.61 Å². The van der Waals surface area contributed by atoms with Crippen LogP contribution in [0.4, 0.5) is 0 Å². The Labute approximate surface area is 106 Å². The lowest BCUT2D eigenvalue weighted by atomic mass is 10.3. The van der Waals surface area contributed by atoms with Crippen molar-refractivity contribution in [3.05, 3.63) is 27.1 Å². The number of benzene rings is 1. The van der Waals surface area contributed by atoms with Gasteiger partial charge in [0.25, 0.3) is 0 Å². The molecule has 3 nitrogen and oxygen atoms in total. The van der Waals surface area contributed by atoms with Crippen LogP contribution >= 0.6 is 31.9 Å². The summed E-state index contributed by atoms with van der Waals surface area (Å²) < 4.78 is 17.4. The van der Waals surface area contributed by atoms with Gasteiger partial charge in [0, 0.05) is 18.7 Å². The maximum absolute atomic E-state index is 5.52. The molecule has 84 valence electrons. The van der Waals surface area contributed by atoms with Crippen molar-refractivity contribution in [2.24, 2.45) is 0 Å². The highest BCUT2D eigenvalue weighted by atomic mass is 79.9. The van der Waals surface area contributed by atoms with Gasteiger partial charge in [-0.25, -0.2) is 0 Å². The Kier molecular flexibility index (Phi) is 5.60. The van der Waals surface area contributed by atoms with Gasteiger partial charge in [0.15, 0.2) is 6.29 Å². The lowest BCUT2D eigenvalue weighted by Crippen LogP contribution is -2.22. The van der Waals surface area contributed by atoms with Crippen LogP contribution in [0.2, 0.25) is 0 Å². The van der Waals surface area contributed by atoms with Gasteiger partial charge in [-0.05, 0) is 34.1 Å².